The third-order valence-electron chi connectivity index (χ3n) is 5.41. The highest BCUT2D eigenvalue weighted by atomic mass is 15.3. The van der Waals surface area contributed by atoms with Gasteiger partial charge in [-0.2, -0.15) is 0 Å². The van der Waals surface area contributed by atoms with Gasteiger partial charge in [0.15, 0.2) is 0 Å². The van der Waals surface area contributed by atoms with Crippen molar-refractivity contribution in [3.05, 3.63) is 23.9 Å². The molecule has 3 aliphatic rings. The molecule has 1 N–H and O–H groups in total. The van der Waals surface area contributed by atoms with Gasteiger partial charge in [-0.1, -0.05) is 6.07 Å². The number of hydrogen-bond acceptors (Lipinski definition) is 4. The second-order valence-electron chi connectivity index (χ2n) is 6.93. The van der Waals surface area contributed by atoms with Gasteiger partial charge in [0.2, 0.25) is 0 Å². The fourth-order valence-electron chi connectivity index (χ4n) is 3.79. The number of rotatable bonds is 4. The monoisotopic (exact) mass is 286 g/mol. The highest BCUT2D eigenvalue weighted by molar-refractivity contribution is 5.40. The molecule has 3 fully saturated rings. The first-order chi connectivity index (χ1) is 10.3. The van der Waals surface area contributed by atoms with Crippen LogP contribution in [-0.4, -0.2) is 48.1 Å². The summed E-state index contributed by atoms with van der Waals surface area (Å²) in [6, 6.07) is 8.75. The summed E-state index contributed by atoms with van der Waals surface area (Å²) >= 11 is 0. The van der Waals surface area contributed by atoms with E-state index in [4.69, 9.17) is 4.98 Å². The van der Waals surface area contributed by atoms with E-state index in [1.807, 2.05) is 0 Å². The standard InChI is InChI=1S/C17H26N4/c1-20-15-7-8-16(20)12-21(10-9-15)17-4-2-3-14(19-17)11-18-13-5-6-13/h2-4,13,15-16,18H,5-12H2,1H3. The molecular weight excluding hydrogens is 260 g/mol. The van der Waals surface area contributed by atoms with E-state index in [1.165, 1.54) is 43.6 Å². The topological polar surface area (TPSA) is 31.4 Å². The van der Waals surface area contributed by atoms with Crippen molar-refractivity contribution in [2.75, 3.05) is 25.0 Å². The van der Waals surface area contributed by atoms with E-state index in [0.717, 1.165) is 31.7 Å². The van der Waals surface area contributed by atoms with Crippen LogP contribution in [0.1, 0.15) is 37.8 Å². The molecule has 2 atom stereocenters. The summed E-state index contributed by atoms with van der Waals surface area (Å²) in [7, 11) is 2.30. The number of nitrogens with one attached hydrogen (secondary N) is 1. The number of pyridine rings is 1. The number of aromatic nitrogens is 1. The number of hydrogen-bond donors (Lipinski definition) is 1. The van der Waals surface area contributed by atoms with Crippen molar-refractivity contribution in [3.63, 3.8) is 0 Å². The molecule has 2 aliphatic heterocycles. The molecule has 21 heavy (non-hydrogen) atoms. The molecule has 0 amide bonds. The van der Waals surface area contributed by atoms with Gasteiger partial charge >= 0.3 is 0 Å². The van der Waals surface area contributed by atoms with Gasteiger partial charge in [0.25, 0.3) is 0 Å². The molecule has 0 aromatic carbocycles. The molecule has 1 aromatic rings. The van der Waals surface area contributed by atoms with Crippen LogP contribution in [0, 0.1) is 0 Å². The number of fused-ring (bicyclic) bond motifs is 2. The second-order valence-corrected chi connectivity index (χ2v) is 6.93. The highest BCUT2D eigenvalue weighted by Crippen LogP contribution is 2.30. The highest BCUT2D eigenvalue weighted by Gasteiger charge is 2.34. The Hall–Kier alpha value is -1.13. The maximum atomic E-state index is 4.89. The van der Waals surface area contributed by atoms with Crippen LogP contribution < -0.4 is 10.2 Å². The van der Waals surface area contributed by atoms with E-state index in [2.05, 4.69) is 40.4 Å². The van der Waals surface area contributed by atoms with E-state index in [0.29, 0.717) is 6.04 Å². The van der Waals surface area contributed by atoms with Crippen LogP contribution in [0.3, 0.4) is 0 Å². The first-order valence-corrected chi connectivity index (χ1v) is 8.46. The maximum Gasteiger partial charge on any atom is 0.128 e. The van der Waals surface area contributed by atoms with Gasteiger partial charge in [0, 0.05) is 37.8 Å². The lowest BCUT2D eigenvalue weighted by Gasteiger charge is -2.27. The van der Waals surface area contributed by atoms with E-state index in [-0.39, 0.29) is 0 Å². The Morgan fingerprint density at radius 2 is 2.00 bits per heavy atom. The zero-order valence-corrected chi connectivity index (χ0v) is 13.0. The molecule has 2 saturated heterocycles. The van der Waals surface area contributed by atoms with Gasteiger partial charge in [0.1, 0.15) is 5.82 Å². The minimum absolute atomic E-state index is 0.715. The lowest BCUT2D eigenvalue weighted by atomic mass is 10.1. The Bertz CT molecular complexity index is 499. The summed E-state index contributed by atoms with van der Waals surface area (Å²) in [4.78, 5) is 9.99. The third-order valence-corrected chi connectivity index (χ3v) is 5.41. The smallest absolute Gasteiger partial charge is 0.128 e. The average Bonchev–Trinajstić information content (AvgIpc) is 3.25. The SMILES string of the molecule is CN1C2CCC1CN(c1cccc(CNC3CC3)n1)CC2. The first-order valence-electron chi connectivity index (χ1n) is 8.46. The Balaban J connectivity index is 1.46. The fourth-order valence-corrected chi connectivity index (χ4v) is 3.79. The Morgan fingerprint density at radius 3 is 2.86 bits per heavy atom. The van der Waals surface area contributed by atoms with Gasteiger partial charge in [-0.05, 0) is 51.3 Å². The van der Waals surface area contributed by atoms with Crippen molar-refractivity contribution in [2.24, 2.45) is 0 Å². The summed E-state index contributed by atoms with van der Waals surface area (Å²) in [5.74, 6) is 1.17. The molecule has 0 spiro atoms. The second kappa shape index (κ2) is 5.58. The van der Waals surface area contributed by atoms with Crippen molar-refractivity contribution in [3.8, 4) is 0 Å². The number of likely N-dealkylation sites (N-methyl/N-ethyl adjacent to an activating group) is 1. The van der Waals surface area contributed by atoms with Crippen molar-refractivity contribution < 1.29 is 0 Å². The average molecular weight is 286 g/mol. The van der Waals surface area contributed by atoms with Crippen LogP contribution in [-0.2, 0) is 6.54 Å². The lowest BCUT2D eigenvalue weighted by molar-refractivity contribution is 0.254. The molecule has 1 saturated carbocycles. The summed E-state index contributed by atoms with van der Waals surface area (Å²) < 4.78 is 0. The normalized spacial score (nSPS) is 29.7. The summed E-state index contributed by atoms with van der Waals surface area (Å²) in [6.45, 7) is 3.20. The van der Waals surface area contributed by atoms with Crippen molar-refractivity contribution >= 4 is 5.82 Å². The van der Waals surface area contributed by atoms with Crippen molar-refractivity contribution in [2.45, 2.75) is 56.8 Å². The quantitative estimate of drug-likeness (QED) is 0.917. The zero-order chi connectivity index (χ0) is 14.2. The molecule has 1 aromatic heterocycles. The Kier molecular flexibility index (Phi) is 3.59. The third kappa shape index (κ3) is 2.92. The summed E-state index contributed by atoms with van der Waals surface area (Å²) in [5, 5.41) is 3.56. The van der Waals surface area contributed by atoms with Crippen molar-refractivity contribution in [1.29, 1.82) is 0 Å². The van der Waals surface area contributed by atoms with Gasteiger partial charge in [-0.3, -0.25) is 4.90 Å². The Morgan fingerprint density at radius 1 is 1.14 bits per heavy atom. The van der Waals surface area contributed by atoms with Crippen LogP contribution in [0.2, 0.25) is 0 Å². The molecule has 2 bridgehead atoms. The van der Waals surface area contributed by atoms with E-state index in [9.17, 15) is 0 Å². The molecule has 114 valence electrons. The van der Waals surface area contributed by atoms with Crippen LogP contribution in [0.4, 0.5) is 5.82 Å². The molecule has 0 radical (unpaired) electrons. The maximum absolute atomic E-state index is 4.89. The van der Waals surface area contributed by atoms with Crippen LogP contribution >= 0.6 is 0 Å². The number of nitrogens with zero attached hydrogens (tertiary/aromatic N) is 3. The Labute approximate surface area is 127 Å². The molecule has 1 aliphatic carbocycles. The van der Waals surface area contributed by atoms with Gasteiger partial charge in [-0.25, -0.2) is 4.98 Å². The predicted octanol–water partition coefficient (Wildman–Crippen LogP) is 2.01. The summed E-state index contributed by atoms with van der Waals surface area (Å²) in [6.07, 6.45) is 6.68. The van der Waals surface area contributed by atoms with Gasteiger partial charge < -0.3 is 10.2 Å². The first kappa shape index (κ1) is 13.5. The zero-order valence-electron chi connectivity index (χ0n) is 13.0. The molecule has 4 nitrogen and oxygen atoms in total. The molecule has 4 rings (SSSR count). The van der Waals surface area contributed by atoms with E-state index in [1.54, 1.807) is 0 Å². The predicted molar refractivity (Wildman–Crippen MR) is 85.5 cm³/mol. The van der Waals surface area contributed by atoms with Crippen LogP contribution in [0.5, 0.6) is 0 Å². The molecular formula is C17H26N4. The summed E-state index contributed by atoms with van der Waals surface area (Å²) in [5.41, 5.74) is 1.18. The number of anilines is 1. The van der Waals surface area contributed by atoms with Crippen LogP contribution in [0.25, 0.3) is 0 Å². The fraction of sp³-hybridized carbons (Fsp3) is 0.706. The van der Waals surface area contributed by atoms with Gasteiger partial charge in [-0.15, -0.1) is 0 Å². The minimum Gasteiger partial charge on any atom is -0.355 e. The van der Waals surface area contributed by atoms with Crippen molar-refractivity contribution in [1.82, 2.24) is 15.2 Å². The lowest BCUT2D eigenvalue weighted by Crippen LogP contribution is -2.37. The van der Waals surface area contributed by atoms with E-state index < -0.39 is 0 Å². The minimum atomic E-state index is 0.715. The van der Waals surface area contributed by atoms with E-state index >= 15 is 0 Å². The molecule has 4 heteroatoms. The van der Waals surface area contributed by atoms with Gasteiger partial charge in [0.05, 0.1) is 5.69 Å². The van der Waals surface area contributed by atoms with Crippen LogP contribution in [0.15, 0.2) is 18.2 Å². The largest absolute Gasteiger partial charge is 0.355 e. The molecule has 3 heterocycles. The molecule has 2 unspecified atom stereocenters.